The lowest BCUT2D eigenvalue weighted by Gasteiger charge is -2.17. The number of nitrogens with zero attached hydrogens (tertiary/aromatic N) is 2. The van der Waals surface area contributed by atoms with Crippen molar-refractivity contribution in [3.8, 4) is 17.2 Å². The number of aromatic nitrogens is 2. The predicted molar refractivity (Wildman–Crippen MR) is 113 cm³/mol. The molecule has 1 atom stereocenters. The Hall–Kier alpha value is -3.28. The van der Waals surface area contributed by atoms with E-state index in [0.29, 0.717) is 30.4 Å². The molecule has 2 aromatic carbocycles. The van der Waals surface area contributed by atoms with Crippen molar-refractivity contribution in [2.45, 2.75) is 33.7 Å². The van der Waals surface area contributed by atoms with Gasteiger partial charge in [-0.15, -0.1) is 0 Å². The van der Waals surface area contributed by atoms with Gasteiger partial charge in [0.25, 0.3) is 5.91 Å². The minimum atomic E-state index is -0.220. The zero-order chi connectivity index (χ0) is 20.8. The Labute approximate surface area is 171 Å². The fraction of sp³-hybridized carbons (Fsp3) is 0.304. The van der Waals surface area contributed by atoms with Crippen LogP contribution in [0.2, 0.25) is 0 Å². The highest BCUT2D eigenvalue weighted by molar-refractivity contribution is 5.92. The van der Waals surface area contributed by atoms with E-state index in [9.17, 15) is 4.79 Å². The van der Waals surface area contributed by atoms with E-state index in [4.69, 9.17) is 9.47 Å². The van der Waals surface area contributed by atoms with Crippen molar-refractivity contribution in [1.82, 2.24) is 15.1 Å². The maximum Gasteiger partial charge on any atom is 0.272 e. The number of hydrogen-bond acceptors (Lipinski definition) is 4. The fourth-order valence-electron chi connectivity index (χ4n) is 3.11. The van der Waals surface area contributed by atoms with Crippen LogP contribution in [0.3, 0.4) is 0 Å². The average molecular weight is 393 g/mol. The fourth-order valence-corrected chi connectivity index (χ4v) is 3.11. The molecule has 0 aliphatic carbocycles. The minimum absolute atomic E-state index is 0.209. The van der Waals surface area contributed by atoms with Crippen LogP contribution in [0.15, 0.2) is 54.6 Å². The smallest absolute Gasteiger partial charge is 0.272 e. The summed E-state index contributed by atoms with van der Waals surface area (Å²) in [6.45, 7) is 8.84. The molecule has 0 radical (unpaired) electrons. The molecule has 6 heteroatoms. The van der Waals surface area contributed by atoms with Gasteiger partial charge >= 0.3 is 0 Å². The van der Waals surface area contributed by atoms with Crippen LogP contribution in [0.5, 0.6) is 11.5 Å². The number of hydrogen-bond donors (Lipinski definition) is 1. The van der Waals surface area contributed by atoms with Gasteiger partial charge in [-0.05, 0) is 63.6 Å². The second-order valence-electron chi connectivity index (χ2n) is 6.69. The molecule has 3 rings (SSSR count). The maximum absolute atomic E-state index is 12.8. The SMILES string of the molecule is CCOc1ccc(C(C)NC(=O)c2cc(C)n(-c3ccccc3)n2)cc1OCC. The van der Waals surface area contributed by atoms with Crippen molar-refractivity contribution in [1.29, 1.82) is 0 Å². The van der Waals surface area contributed by atoms with Crippen LogP contribution < -0.4 is 14.8 Å². The van der Waals surface area contributed by atoms with Gasteiger partial charge in [0.2, 0.25) is 0 Å². The molecule has 0 bridgehead atoms. The summed E-state index contributed by atoms with van der Waals surface area (Å²) in [5, 5.41) is 7.49. The normalized spacial score (nSPS) is 11.7. The van der Waals surface area contributed by atoms with Crippen molar-refractivity contribution in [2.24, 2.45) is 0 Å². The van der Waals surface area contributed by atoms with E-state index in [-0.39, 0.29) is 11.9 Å². The summed E-state index contributed by atoms with van der Waals surface area (Å²) >= 11 is 0. The lowest BCUT2D eigenvalue weighted by molar-refractivity contribution is 0.0934. The molecule has 1 unspecified atom stereocenters. The molecule has 0 aliphatic rings. The van der Waals surface area contributed by atoms with E-state index in [0.717, 1.165) is 16.9 Å². The molecule has 6 nitrogen and oxygen atoms in total. The van der Waals surface area contributed by atoms with Gasteiger partial charge in [-0.1, -0.05) is 24.3 Å². The highest BCUT2D eigenvalue weighted by Crippen LogP contribution is 2.30. The highest BCUT2D eigenvalue weighted by Gasteiger charge is 2.17. The van der Waals surface area contributed by atoms with E-state index in [1.165, 1.54) is 0 Å². The first-order valence-corrected chi connectivity index (χ1v) is 9.86. The van der Waals surface area contributed by atoms with Crippen LogP contribution >= 0.6 is 0 Å². The van der Waals surface area contributed by atoms with Crippen LogP contribution in [-0.2, 0) is 0 Å². The molecule has 0 fully saturated rings. The van der Waals surface area contributed by atoms with Gasteiger partial charge in [0.1, 0.15) is 0 Å². The molecule has 1 heterocycles. The van der Waals surface area contributed by atoms with Crippen LogP contribution in [-0.4, -0.2) is 28.9 Å². The Balaban J connectivity index is 1.76. The van der Waals surface area contributed by atoms with E-state index in [1.807, 2.05) is 76.2 Å². The maximum atomic E-state index is 12.8. The lowest BCUT2D eigenvalue weighted by Crippen LogP contribution is -2.27. The quantitative estimate of drug-likeness (QED) is 0.613. The number of nitrogens with one attached hydrogen (secondary N) is 1. The number of carbonyl (C=O) groups excluding carboxylic acids is 1. The number of para-hydroxylation sites is 1. The first-order chi connectivity index (χ1) is 14.0. The monoisotopic (exact) mass is 393 g/mol. The molecule has 0 spiro atoms. The van der Waals surface area contributed by atoms with Crippen molar-refractivity contribution in [2.75, 3.05) is 13.2 Å². The van der Waals surface area contributed by atoms with Gasteiger partial charge in [0.15, 0.2) is 17.2 Å². The third kappa shape index (κ3) is 4.77. The zero-order valence-electron chi connectivity index (χ0n) is 17.3. The number of carbonyl (C=O) groups is 1. The number of rotatable bonds is 8. The van der Waals surface area contributed by atoms with E-state index in [2.05, 4.69) is 10.4 Å². The Morgan fingerprint density at radius 2 is 1.72 bits per heavy atom. The van der Waals surface area contributed by atoms with Crippen LogP contribution in [0, 0.1) is 6.92 Å². The first-order valence-electron chi connectivity index (χ1n) is 9.86. The topological polar surface area (TPSA) is 65.4 Å². The molecule has 1 N–H and O–H groups in total. The number of amides is 1. The molecular formula is C23H27N3O3. The Bertz CT molecular complexity index is 967. The standard InChI is InChI=1S/C23H27N3O3/c1-5-28-21-13-12-18(15-22(21)29-6-2)17(4)24-23(27)20-14-16(3)26(25-20)19-10-8-7-9-11-19/h7-15,17H,5-6H2,1-4H3,(H,24,27). The van der Waals surface area contributed by atoms with E-state index >= 15 is 0 Å². The highest BCUT2D eigenvalue weighted by atomic mass is 16.5. The van der Waals surface area contributed by atoms with Gasteiger partial charge in [0.05, 0.1) is 24.9 Å². The number of ether oxygens (including phenoxy) is 2. The van der Waals surface area contributed by atoms with Gasteiger partial charge in [-0.3, -0.25) is 4.79 Å². The summed E-state index contributed by atoms with van der Waals surface area (Å²) in [5.74, 6) is 1.16. The van der Waals surface area contributed by atoms with E-state index in [1.54, 1.807) is 10.7 Å². The molecule has 29 heavy (non-hydrogen) atoms. The lowest BCUT2D eigenvalue weighted by atomic mass is 10.1. The van der Waals surface area contributed by atoms with Crippen LogP contribution in [0.1, 0.15) is 48.6 Å². The third-order valence-corrected chi connectivity index (χ3v) is 4.54. The van der Waals surface area contributed by atoms with Crippen LogP contribution in [0.25, 0.3) is 5.69 Å². The van der Waals surface area contributed by atoms with Crippen molar-refractivity contribution < 1.29 is 14.3 Å². The zero-order valence-corrected chi connectivity index (χ0v) is 17.3. The van der Waals surface area contributed by atoms with Gasteiger partial charge < -0.3 is 14.8 Å². The van der Waals surface area contributed by atoms with Gasteiger partial charge in [-0.25, -0.2) is 4.68 Å². The molecule has 1 aromatic heterocycles. The summed E-state index contributed by atoms with van der Waals surface area (Å²) in [5.41, 5.74) is 3.14. The number of aryl methyl sites for hydroxylation is 1. The summed E-state index contributed by atoms with van der Waals surface area (Å²) < 4.78 is 13.1. The van der Waals surface area contributed by atoms with Gasteiger partial charge in [-0.2, -0.15) is 5.10 Å². The summed E-state index contributed by atoms with van der Waals surface area (Å²) in [6, 6.07) is 17.1. The average Bonchev–Trinajstić information content (AvgIpc) is 3.12. The van der Waals surface area contributed by atoms with Crippen molar-refractivity contribution >= 4 is 5.91 Å². The summed E-state index contributed by atoms with van der Waals surface area (Å²) in [6.07, 6.45) is 0. The molecule has 0 aliphatic heterocycles. The predicted octanol–water partition coefficient (Wildman–Crippen LogP) is 4.47. The van der Waals surface area contributed by atoms with E-state index < -0.39 is 0 Å². The van der Waals surface area contributed by atoms with Crippen molar-refractivity contribution in [3.63, 3.8) is 0 Å². The summed E-state index contributed by atoms with van der Waals surface area (Å²) in [7, 11) is 0. The molecular weight excluding hydrogens is 366 g/mol. The Kier molecular flexibility index (Phi) is 6.54. The molecule has 0 saturated heterocycles. The molecule has 152 valence electrons. The van der Waals surface area contributed by atoms with Crippen LogP contribution in [0.4, 0.5) is 0 Å². The first kappa shape index (κ1) is 20.5. The minimum Gasteiger partial charge on any atom is -0.490 e. The third-order valence-electron chi connectivity index (χ3n) is 4.54. The Morgan fingerprint density at radius 1 is 1.03 bits per heavy atom. The molecule has 3 aromatic rings. The Morgan fingerprint density at radius 3 is 2.41 bits per heavy atom. The summed E-state index contributed by atoms with van der Waals surface area (Å²) in [4.78, 5) is 12.8. The van der Waals surface area contributed by atoms with Gasteiger partial charge in [0, 0.05) is 5.69 Å². The second-order valence-corrected chi connectivity index (χ2v) is 6.69. The molecule has 0 saturated carbocycles. The molecule has 1 amide bonds. The number of benzene rings is 2. The second kappa shape index (κ2) is 9.28. The van der Waals surface area contributed by atoms with Crippen molar-refractivity contribution in [3.05, 3.63) is 71.5 Å². The largest absolute Gasteiger partial charge is 0.490 e.